The van der Waals surface area contributed by atoms with Crippen LogP contribution in [0.3, 0.4) is 0 Å². The largest absolute Gasteiger partial charge is 0.547 e. The minimum absolute atomic E-state index is 0.0151. The van der Waals surface area contributed by atoms with Crippen molar-refractivity contribution in [2.24, 2.45) is 11.7 Å². The van der Waals surface area contributed by atoms with E-state index in [0.29, 0.717) is 36.9 Å². The smallest absolute Gasteiger partial charge is 0.534 e. The molecule has 1 heterocycles. The molecule has 0 aromatic heterocycles. The average Bonchev–Trinajstić information content (AvgIpc) is 2.67. The van der Waals surface area contributed by atoms with Crippen LogP contribution < -0.4 is 21.0 Å². The SMILES string of the molecule is NCCNC1CCC(CC(=O)NC2Cc3cccc(C(=O)O)c3OB2O)CC1. The Hall–Kier alpha value is -2.10. The highest BCUT2D eigenvalue weighted by atomic mass is 16.5. The van der Waals surface area contributed by atoms with Crippen LogP contribution in [-0.2, 0) is 11.2 Å². The lowest BCUT2D eigenvalue weighted by Gasteiger charge is -2.31. The molecule has 1 aromatic carbocycles. The molecule has 1 fully saturated rings. The lowest BCUT2D eigenvalue weighted by Crippen LogP contribution is -2.53. The summed E-state index contributed by atoms with van der Waals surface area (Å²) in [5.41, 5.74) is 6.20. The average molecular weight is 389 g/mol. The third-order valence-corrected chi connectivity index (χ3v) is 5.59. The Labute approximate surface area is 165 Å². The van der Waals surface area contributed by atoms with E-state index in [2.05, 4.69) is 10.6 Å². The molecule has 1 atom stereocenters. The Bertz CT molecular complexity index is 709. The van der Waals surface area contributed by atoms with Crippen LogP contribution in [0.15, 0.2) is 18.2 Å². The summed E-state index contributed by atoms with van der Waals surface area (Å²) >= 11 is 0. The number of nitrogens with one attached hydrogen (secondary N) is 2. The Morgan fingerprint density at radius 3 is 2.68 bits per heavy atom. The van der Waals surface area contributed by atoms with Crippen LogP contribution in [0.4, 0.5) is 0 Å². The first-order valence-electron chi connectivity index (χ1n) is 9.90. The summed E-state index contributed by atoms with van der Waals surface area (Å²) in [6.07, 6.45) is 4.82. The van der Waals surface area contributed by atoms with Crippen molar-refractivity contribution in [2.45, 2.75) is 50.5 Å². The zero-order valence-electron chi connectivity index (χ0n) is 15.9. The Morgan fingerprint density at radius 2 is 2.00 bits per heavy atom. The topological polar surface area (TPSA) is 134 Å². The van der Waals surface area contributed by atoms with Gasteiger partial charge in [0.25, 0.3) is 0 Å². The van der Waals surface area contributed by atoms with Crippen molar-refractivity contribution in [3.05, 3.63) is 29.3 Å². The normalized spacial score (nSPS) is 24.2. The van der Waals surface area contributed by atoms with Crippen LogP contribution >= 0.6 is 0 Å². The molecule has 9 heteroatoms. The first-order valence-corrected chi connectivity index (χ1v) is 9.90. The van der Waals surface area contributed by atoms with Crippen molar-refractivity contribution in [2.75, 3.05) is 13.1 Å². The molecule has 3 rings (SSSR count). The summed E-state index contributed by atoms with van der Waals surface area (Å²) in [6, 6.07) is 5.31. The second kappa shape index (κ2) is 9.40. The van der Waals surface area contributed by atoms with Crippen molar-refractivity contribution >= 4 is 19.0 Å². The molecular formula is C19H28BN3O5. The number of carbonyl (C=O) groups is 2. The van der Waals surface area contributed by atoms with E-state index in [4.69, 9.17) is 10.4 Å². The number of nitrogens with two attached hydrogens (primary N) is 1. The number of hydrogen-bond donors (Lipinski definition) is 5. The number of carboxylic acids is 1. The number of fused-ring (bicyclic) bond motifs is 1. The monoisotopic (exact) mass is 389 g/mol. The van der Waals surface area contributed by atoms with E-state index in [1.807, 2.05) is 0 Å². The molecule has 6 N–H and O–H groups in total. The maximum Gasteiger partial charge on any atom is 0.547 e. The van der Waals surface area contributed by atoms with Gasteiger partial charge in [-0.15, -0.1) is 0 Å². The number of benzene rings is 1. The zero-order chi connectivity index (χ0) is 20.1. The summed E-state index contributed by atoms with van der Waals surface area (Å²) in [5.74, 6) is -1.29. The number of carboxylic acid groups (broad SMARTS) is 1. The molecule has 0 bridgehead atoms. The minimum atomic E-state index is -1.27. The lowest BCUT2D eigenvalue weighted by atomic mass is 9.72. The second-order valence-electron chi connectivity index (χ2n) is 7.65. The van der Waals surface area contributed by atoms with Crippen LogP contribution in [0.5, 0.6) is 5.75 Å². The highest BCUT2D eigenvalue weighted by molar-refractivity contribution is 6.47. The van der Waals surface area contributed by atoms with Gasteiger partial charge in [0, 0.05) is 25.6 Å². The molecule has 1 amide bonds. The predicted molar refractivity (Wildman–Crippen MR) is 105 cm³/mol. The Morgan fingerprint density at radius 1 is 1.25 bits per heavy atom. The van der Waals surface area contributed by atoms with E-state index in [1.165, 1.54) is 6.07 Å². The first-order chi connectivity index (χ1) is 13.5. The van der Waals surface area contributed by atoms with Crippen LogP contribution in [0.1, 0.15) is 48.0 Å². The summed E-state index contributed by atoms with van der Waals surface area (Å²) < 4.78 is 5.42. The van der Waals surface area contributed by atoms with E-state index < -0.39 is 19.0 Å². The van der Waals surface area contributed by atoms with Gasteiger partial charge in [-0.2, -0.15) is 0 Å². The van der Waals surface area contributed by atoms with Gasteiger partial charge in [-0.3, -0.25) is 4.79 Å². The molecule has 0 radical (unpaired) electrons. The summed E-state index contributed by atoms with van der Waals surface area (Å²) in [4.78, 5) is 23.8. The summed E-state index contributed by atoms with van der Waals surface area (Å²) in [7, 11) is -1.27. The molecule has 0 saturated heterocycles. The fourth-order valence-corrected chi connectivity index (χ4v) is 4.10. The molecule has 0 spiro atoms. The standard InChI is InChI=1S/C19H28BN3O5/c21-8-9-22-14-6-4-12(5-7-14)10-17(24)23-16-11-13-2-1-3-15(19(25)26)18(13)28-20(16)27/h1-3,12,14,16,22,27H,4-11,21H2,(H,23,24)(H,25,26). The lowest BCUT2D eigenvalue weighted by molar-refractivity contribution is -0.122. The molecule has 1 aromatic rings. The van der Waals surface area contributed by atoms with E-state index in [9.17, 15) is 19.7 Å². The fraction of sp³-hybridized carbons (Fsp3) is 0.579. The van der Waals surface area contributed by atoms with Gasteiger partial charge in [-0.25, -0.2) is 4.79 Å². The molecule has 1 unspecified atom stereocenters. The highest BCUT2D eigenvalue weighted by Crippen LogP contribution is 2.31. The molecular weight excluding hydrogens is 361 g/mol. The van der Waals surface area contributed by atoms with E-state index >= 15 is 0 Å². The molecule has 2 aliphatic rings. The van der Waals surface area contributed by atoms with Crippen LogP contribution in [-0.4, -0.2) is 54.2 Å². The molecule has 1 saturated carbocycles. The van der Waals surface area contributed by atoms with Gasteiger partial charge in [-0.05, 0) is 49.7 Å². The molecule has 1 aliphatic carbocycles. The number of aromatic carboxylic acids is 1. The maximum absolute atomic E-state index is 12.5. The third kappa shape index (κ3) is 5.04. The molecule has 1 aliphatic heterocycles. The molecule has 152 valence electrons. The van der Waals surface area contributed by atoms with Crippen LogP contribution in [0.25, 0.3) is 0 Å². The molecule has 8 nitrogen and oxygen atoms in total. The summed E-state index contributed by atoms with van der Waals surface area (Å²) in [5, 5.41) is 25.8. The van der Waals surface area contributed by atoms with Gasteiger partial charge >= 0.3 is 13.1 Å². The fourth-order valence-electron chi connectivity index (χ4n) is 4.10. The van der Waals surface area contributed by atoms with Crippen molar-refractivity contribution in [3.63, 3.8) is 0 Å². The number of carbonyl (C=O) groups excluding carboxylic acids is 1. The van der Waals surface area contributed by atoms with E-state index in [1.54, 1.807) is 12.1 Å². The highest BCUT2D eigenvalue weighted by Gasteiger charge is 2.38. The zero-order valence-corrected chi connectivity index (χ0v) is 15.9. The van der Waals surface area contributed by atoms with Gasteiger partial charge in [-0.1, -0.05) is 12.1 Å². The van der Waals surface area contributed by atoms with Crippen molar-refractivity contribution in [3.8, 4) is 5.75 Å². The van der Waals surface area contributed by atoms with Gasteiger partial charge in [0.05, 0.1) is 11.5 Å². The van der Waals surface area contributed by atoms with Crippen molar-refractivity contribution in [1.82, 2.24) is 10.6 Å². The van der Waals surface area contributed by atoms with Crippen molar-refractivity contribution in [1.29, 1.82) is 0 Å². The second-order valence-corrected chi connectivity index (χ2v) is 7.65. The predicted octanol–water partition coefficient (Wildman–Crippen LogP) is 0.321. The first kappa shape index (κ1) is 20.6. The maximum atomic E-state index is 12.5. The van der Waals surface area contributed by atoms with Crippen LogP contribution in [0, 0.1) is 5.92 Å². The summed E-state index contributed by atoms with van der Waals surface area (Å²) in [6.45, 7) is 1.45. The number of para-hydroxylation sites is 1. The van der Waals surface area contributed by atoms with Crippen LogP contribution in [0.2, 0.25) is 0 Å². The van der Waals surface area contributed by atoms with E-state index in [-0.39, 0.29) is 17.2 Å². The quantitative estimate of drug-likeness (QED) is 0.424. The minimum Gasteiger partial charge on any atom is -0.534 e. The van der Waals surface area contributed by atoms with Crippen molar-refractivity contribution < 1.29 is 24.4 Å². The van der Waals surface area contributed by atoms with Gasteiger partial charge < -0.3 is 31.2 Å². The molecule has 28 heavy (non-hydrogen) atoms. The van der Waals surface area contributed by atoms with Gasteiger partial charge in [0.2, 0.25) is 5.91 Å². The number of amides is 1. The van der Waals surface area contributed by atoms with Gasteiger partial charge in [0.1, 0.15) is 5.75 Å². The Balaban J connectivity index is 1.51. The third-order valence-electron chi connectivity index (χ3n) is 5.59. The van der Waals surface area contributed by atoms with Gasteiger partial charge in [0.15, 0.2) is 0 Å². The Kier molecular flexibility index (Phi) is 6.93. The van der Waals surface area contributed by atoms with E-state index in [0.717, 1.165) is 32.2 Å². The number of rotatable bonds is 7. The number of hydrogen-bond acceptors (Lipinski definition) is 6.